The van der Waals surface area contributed by atoms with Crippen molar-refractivity contribution in [2.24, 2.45) is 0 Å². The maximum atomic E-state index is 12.9. The largest absolute Gasteiger partial charge is 0.444 e. The number of fused-ring (bicyclic) bond motifs is 2. The summed E-state index contributed by atoms with van der Waals surface area (Å²) in [5.74, 6) is 0. The fourth-order valence-electron chi connectivity index (χ4n) is 7.21. The molecule has 0 N–H and O–H groups in total. The molecule has 0 unspecified atom stereocenters. The van der Waals surface area contributed by atoms with Gasteiger partial charge in [0.15, 0.2) is 11.3 Å². The number of likely N-dealkylation sites (tertiary alicyclic amines) is 2. The van der Waals surface area contributed by atoms with Crippen molar-refractivity contribution in [1.29, 1.82) is 0 Å². The quantitative estimate of drug-likeness (QED) is 0.166. The number of aromatic nitrogens is 6. The number of hydrogen-bond donors (Lipinski definition) is 0. The van der Waals surface area contributed by atoms with Gasteiger partial charge in [-0.2, -0.15) is 10.2 Å². The number of carbonyl (C=O) groups is 2. The standard InChI is InChI=1S/C24H30N4O2.C18H25ClN4O2.CH4/c1-16-17(2)25-21-15-19(26-28(21)22(16)18-11-7-6-8-12-18)20-13-9-10-14-27(20)23(29)30-24(3,4)5;1-11-12(2)20-15-10-13(21-23(15)16(11)19)14-8-6-7-9-22(14)17(24)25-18(3,4)5;/h6-8,11-12,15,20H,9-10,13-14H2,1-5H3;10,14H,6-9H2,1-5H3;1H4/t20-;14-;/m00./s1. The van der Waals surface area contributed by atoms with E-state index >= 15 is 0 Å². The first-order valence-electron chi connectivity index (χ1n) is 19.4. The fourth-order valence-corrected chi connectivity index (χ4v) is 7.47. The van der Waals surface area contributed by atoms with Crippen LogP contribution in [0.5, 0.6) is 0 Å². The zero-order chi connectivity index (χ0) is 39.8. The number of aryl methyl sites for hydroxylation is 2. The molecule has 5 aromatic rings. The van der Waals surface area contributed by atoms with E-state index < -0.39 is 11.2 Å². The Morgan fingerprint density at radius 3 is 1.61 bits per heavy atom. The van der Waals surface area contributed by atoms with Crippen molar-refractivity contribution in [3.8, 4) is 11.3 Å². The van der Waals surface area contributed by atoms with Crippen LogP contribution < -0.4 is 0 Å². The van der Waals surface area contributed by atoms with E-state index in [4.69, 9.17) is 31.2 Å². The summed E-state index contributed by atoms with van der Waals surface area (Å²) in [4.78, 5) is 38.4. The van der Waals surface area contributed by atoms with Gasteiger partial charge in [-0.3, -0.25) is 9.80 Å². The van der Waals surface area contributed by atoms with Crippen LogP contribution in [0.1, 0.15) is 133 Å². The van der Waals surface area contributed by atoms with Gasteiger partial charge in [0, 0.05) is 47.7 Å². The fraction of sp³-hybridized carbons (Fsp3) is 0.535. The van der Waals surface area contributed by atoms with E-state index in [0.717, 1.165) is 89.3 Å². The molecule has 0 bridgehead atoms. The molecule has 2 fully saturated rings. The van der Waals surface area contributed by atoms with Crippen molar-refractivity contribution in [2.75, 3.05) is 13.1 Å². The van der Waals surface area contributed by atoms with E-state index in [1.807, 2.05) is 102 Å². The second-order valence-electron chi connectivity index (χ2n) is 16.7. The predicted molar refractivity (Wildman–Crippen MR) is 221 cm³/mol. The lowest BCUT2D eigenvalue weighted by Crippen LogP contribution is -2.42. The van der Waals surface area contributed by atoms with Gasteiger partial charge in [0.2, 0.25) is 0 Å². The molecule has 13 heteroatoms. The Kier molecular flexibility index (Phi) is 12.7. The third-order valence-corrected chi connectivity index (χ3v) is 10.6. The molecule has 0 spiro atoms. The first kappa shape index (κ1) is 42.4. The maximum Gasteiger partial charge on any atom is 0.410 e. The van der Waals surface area contributed by atoms with Gasteiger partial charge in [-0.05, 0) is 113 Å². The monoisotopic (exact) mass is 786 g/mol. The number of hydrogen-bond acceptors (Lipinski definition) is 8. The van der Waals surface area contributed by atoms with Crippen LogP contribution in [-0.4, -0.2) is 75.5 Å². The van der Waals surface area contributed by atoms with Crippen molar-refractivity contribution in [3.63, 3.8) is 0 Å². The highest BCUT2D eigenvalue weighted by atomic mass is 35.5. The van der Waals surface area contributed by atoms with Crippen LogP contribution in [0.4, 0.5) is 9.59 Å². The van der Waals surface area contributed by atoms with Crippen LogP contribution in [0.3, 0.4) is 0 Å². The van der Waals surface area contributed by atoms with E-state index in [-0.39, 0.29) is 31.7 Å². The minimum absolute atomic E-state index is 0. The average molecular weight is 787 g/mol. The SMILES string of the molecule is C.Cc1nc2cc([C@@H]3CCCCN3C(=O)OC(C)(C)C)nn2c(-c2ccccc2)c1C.Cc1nc2cc([C@@H]3CCCCN3C(=O)OC(C)(C)C)nn2c(Cl)c1C. The van der Waals surface area contributed by atoms with Crippen molar-refractivity contribution in [3.05, 3.63) is 81.5 Å². The Labute approximate surface area is 336 Å². The summed E-state index contributed by atoms with van der Waals surface area (Å²) in [5.41, 5.74) is 8.20. The van der Waals surface area contributed by atoms with Crippen LogP contribution in [-0.2, 0) is 9.47 Å². The zero-order valence-corrected chi connectivity index (χ0v) is 34.7. The lowest BCUT2D eigenvalue weighted by atomic mass is 10.00. The first-order valence-corrected chi connectivity index (χ1v) is 19.7. The second kappa shape index (κ2) is 16.8. The van der Waals surface area contributed by atoms with Gasteiger partial charge in [-0.25, -0.2) is 28.6 Å². The molecule has 2 amide bonds. The predicted octanol–water partition coefficient (Wildman–Crippen LogP) is 10.6. The minimum Gasteiger partial charge on any atom is -0.444 e. The number of benzene rings is 1. The lowest BCUT2D eigenvalue weighted by molar-refractivity contribution is 0.00800. The summed E-state index contributed by atoms with van der Waals surface area (Å²) in [6.07, 6.45) is 5.25. The Morgan fingerprint density at radius 1 is 0.679 bits per heavy atom. The average Bonchev–Trinajstić information content (AvgIpc) is 3.75. The summed E-state index contributed by atoms with van der Waals surface area (Å²) < 4.78 is 14.8. The molecule has 4 aromatic heterocycles. The molecule has 2 atom stereocenters. The van der Waals surface area contributed by atoms with Gasteiger partial charge in [0.1, 0.15) is 16.4 Å². The Morgan fingerprint density at radius 2 is 1.12 bits per heavy atom. The Bertz CT molecular complexity index is 2180. The Balaban J connectivity index is 0.000000214. The second-order valence-corrected chi connectivity index (χ2v) is 17.1. The molecule has 2 aliphatic rings. The molecule has 12 nitrogen and oxygen atoms in total. The van der Waals surface area contributed by atoms with Crippen molar-refractivity contribution in [2.45, 2.75) is 138 Å². The van der Waals surface area contributed by atoms with Crippen LogP contribution in [0.2, 0.25) is 5.15 Å². The normalized spacial score (nSPS) is 17.6. The van der Waals surface area contributed by atoms with E-state index in [1.54, 1.807) is 9.42 Å². The molecular weight excluding hydrogens is 728 g/mol. The third kappa shape index (κ3) is 9.28. The molecule has 56 heavy (non-hydrogen) atoms. The van der Waals surface area contributed by atoms with Gasteiger partial charge >= 0.3 is 12.2 Å². The highest BCUT2D eigenvalue weighted by molar-refractivity contribution is 6.30. The van der Waals surface area contributed by atoms with Gasteiger partial charge in [0.05, 0.1) is 29.2 Å². The topological polar surface area (TPSA) is 119 Å². The number of piperidine rings is 2. The van der Waals surface area contributed by atoms with E-state index in [9.17, 15) is 9.59 Å². The van der Waals surface area contributed by atoms with Crippen LogP contribution in [0, 0.1) is 27.7 Å². The lowest BCUT2D eigenvalue weighted by Gasteiger charge is -2.35. The number of halogens is 1. The summed E-state index contributed by atoms with van der Waals surface area (Å²) in [7, 11) is 0. The highest BCUT2D eigenvalue weighted by Crippen LogP contribution is 2.35. The van der Waals surface area contributed by atoms with Gasteiger partial charge in [-0.1, -0.05) is 49.4 Å². The smallest absolute Gasteiger partial charge is 0.410 e. The molecule has 2 aliphatic heterocycles. The van der Waals surface area contributed by atoms with Gasteiger partial charge in [0.25, 0.3) is 0 Å². The summed E-state index contributed by atoms with van der Waals surface area (Å²) in [6.45, 7) is 20.7. The van der Waals surface area contributed by atoms with Gasteiger partial charge in [-0.15, -0.1) is 0 Å². The van der Waals surface area contributed by atoms with E-state index in [0.29, 0.717) is 23.9 Å². The Hall–Kier alpha value is -4.71. The summed E-state index contributed by atoms with van der Waals surface area (Å²) in [5, 5.41) is 10.2. The third-order valence-electron chi connectivity index (χ3n) is 10.1. The molecule has 302 valence electrons. The van der Waals surface area contributed by atoms with Crippen LogP contribution >= 0.6 is 11.6 Å². The number of rotatable bonds is 3. The van der Waals surface area contributed by atoms with Crippen molar-refractivity contribution >= 4 is 35.1 Å². The minimum atomic E-state index is -0.520. The molecule has 6 heterocycles. The molecule has 0 saturated carbocycles. The summed E-state index contributed by atoms with van der Waals surface area (Å²) >= 11 is 6.42. The van der Waals surface area contributed by atoms with Crippen molar-refractivity contribution < 1.29 is 19.1 Å². The molecule has 2 saturated heterocycles. The number of ether oxygens (including phenoxy) is 2. The molecule has 7 rings (SSSR count). The van der Waals surface area contributed by atoms with E-state index in [1.165, 1.54) is 0 Å². The van der Waals surface area contributed by atoms with Crippen molar-refractivity contribution in [1.82, 2.24) is 39.0 Å². The van der Waals surface area contributed by atoms with Crippen LogP contribution in [0.15, 0.2) is 42.5 Å². The molecule has 1 aromatic carbocycles. The molecule has 0 radical (unpaired) electrons. The molecule has 0 aliphatic carbocycles. The molecular formula is C43H59ClN8O4. The van der Waals surface area contributed by atoms with Crippen LogP contribution in [0.25, 0.3) is 22.6 Å². The van der Waals surface area contributed by atoms with Gasteiger partial charge < -0.3 is 9.47 Å². The number of nitrogens with zero attached hydrogens (tertiary/aromatic N) is 8. The maximum absolute atomic E-state index is 12.9. The summed E-state index contributed by atoms with van der Waals surface area (Å²) in [6, 6.07) is 14.0. The number of carbonyl (C=O) groups excluding carboxylic acids is 2. The number of amides is 2. The zero-order valence-electron chi connectivity index (χ0n) is 33.9. The van der Waals surface area contributed by atoms with E-state index in [2.05, 4.69) is 29.1 Å². The highest BCUT2D eigenvalue weighted by Gasteiger charge is 2.35. The first-order chi connectivity index (χ1) is 25.9.